The number of oxazole rings is 1. The molecule has 0 bridgehead atoms. The molecule has 7 nitrogen and oxygen atoms in total. The quantitative estimate of drug-likeness (QED) is 0.403. The van der Waals surface area contributed by atoms with E-state index in [0.717, 1.165) is 34.6 Å². The van der Waals surface area contributed by atoms with Crippen molar-refractivity contribution in [2.24, 2.45) is 0 Å². The SMILES string of the molecule is CCCC(=O)N(C)Cc1cc(OCCc2nc(-c3ccccc3)oc2C)ccc1CCC(=O)O. The molecule has 0 spiro atoms. The van der Waals surface area contributed by atoms with Crippen LogP contribution in [0, 0.1) is 6.92 Å². The van der Waals surface area contributed by atoms with E-state index in [2.05, 4.69) is 4.98 Å². The first-order valence-electron chi connectivity index (χ1n) is 11.6. The van der Waals surface area contributed by atoms with E-state index in [9.17, 15) is 9.59 Å². The summed E-state index contributed by atoms with van der Waals surface area (Å²) >= 11 is 0. The van der Waals surface area contributed by atoms with Crippen LogP contribution >= 0.6 is 0 Å². The van der Waals surface area contributed by atoms with Crippen molar-refractivity contribution >= 4 is 11.9 Å². The van der Waals surface area contributed by atoms with Gasteiger partial charge in [0.1, 0.15) is 11.5 Å². The Morgan fingerprint density at radius 2 is 1.82 bits per heavy atom. The van der Waals surface area contributed by atoms with E-state index in [4.69, 9.17) is 14.3 Å². The monoisotopic (exact) mass is 464 g/mol. The number of carbonyl (C=O) groups is 2. The number of carboxylic acids is 1. The molecule has 2 aromatic carbocycles. The molecule has 0 saturated heterocycles. The van der Waals surface area contributed by atoms with Gasteiger partial charge in [0, 0.05) is 38.4 Å². The molecule has 0 radical (unpaired) electrons. The molecule has 180 valence electrons. The highest BCUT2D eigenvalue weighted by molar-refractivity contribution is 5.75. The van der Waals surface area contributed by atoms with Crippen LogP contribution < -0.4 is 4.74 Å². The summed E-state index contributed by atoms with van der Waals surface area (Å²) in [6.45, 7) is 4.69. The number of aromatic nitrogens is 1. The van der Waals surface area contributed by atoms with E-state index < -0.39 is 5.97 Å². The molecule has 1 amide bonds. The summed E-state index contributed by atoms with van der Waals surface area (Å²) in [6.07, 6.45) is 2.30. The maximum atomic E-state index is 12.3. The fourth-order valence-corrected chi connectivity index (χ4v) is 3.70. The number of carboxylic acid groups (broad SMARTS) is 1. The van der Waals surface area contributed by atoms with Crippen LogP contribution in [0.15, 0.2) is 52.9 Å². The second-order valence-electron chi connectivity index (χ2n) is 8.31. The van der Waals surface area contributed by atoms with E-state index >= 15 is 0 Å². The lowest BCUT2D eigenvalue weighted by molar-refractivity contribution is -0.137. The largest absolute Gasteiger partial charge is 0.493 e. The number of benzene rings is 2. The van der Waals surface area contributed by atoms with E-state index in [0.29, 0.717) is 44.1 Å². The first kappa shape index (κ1) is 25.0. The van der Waals surface area contributed by atoms with E-state index in [1.54, 1.807) is 11.9 Å². The number of hydrogen-bond acceptors (Lipinski definition) is 5. The molecule has 3 rings (SSSR count). The zero-order valence-corrected chi connectivity index (χ0v) is 20.0. The Morgan fingerprint density at radius 1 is 1.06 bits per heavy atom. The molecule has 1 aromatic heterocycles. The highest BCUT2D eigenvalue weighted by atomic mass is 16.5. The van der Waals surface area contributed by atoms with Crippen molar-refractivity contribution in [1.29, 1.82) is 0 Å². The number of aliphatic carboxylic acids is 1. The number of rotatable bonds is 12. The number of hydrogen-bond donors (Lipinski definition) is 1. The Balaban J connectivity index is 1.67. The zero-order chi connectivity index (χ0) is 24.5. The van der Waals surface area contributed by atoms with Crippen LogP contribution in [0.2, 0.25) is 0 Å². The number of nitrogens with zero attached hydrogens (tertiary/aromatic N) is 2. The maximum Gasteiger partial charge on any atom is 0.303 e. The third kappa shape index (κ3) is 6.94. The van der Waals surface area contributed by atoms with Crippen molar-refractivity contribution < 1.29 is 23.8 Å². The van der Waals surface area contributed by atoms with Gasteiger partial charge in [-0.2, -0.15) is 0 Å². The van der Waals surface area contributed by atoms with Gasteiger partial charge in [0.05, 0.1) is 12.3 Å². The second kappa shape index (κ2) is 12.0. The highest BCUT2D eigenvalue weighted by Gasteiger charge is 2.14. The molecule has 34 heavy (non-hydrogen) atoms. The summed E-state index contributed by atoms with van der Waals surface area (Å²) in [5, 5.41) is 9.08. The van der Waals surface area contributed by atoms with Crippen molar-refractivity contribution in [3.63, 3.8) is 0 Å². The minimum absolute atomic E-state index is 0.0367. The lowest BCUT2D eigenvalue weighted by Crippen LogP contribution is -2.26. The Kier molecular flexibility index (Phi) is 8.85. The normalized spacial score (nSPS) is 10.8. The summed E-state index contributed by atoms with van der Waals surface area (Å²) in [5.74, 6) is 1.25. The number of amides is 1. The standard InChI is InChI=1S/C27H32N2O5/c1-4-8-25(30)29(3)18-22-17-23(13-11-20(22)12-14-26(31)32)33-16-15-24-19(2)34-27(28-24)21-9-6-5-7-10-21/h5-7,9-11,13,17H,4,8,12,14-16,18H2,1-3H3,(H,31,32). The van der Waals surface area contributed by atoms with Gasteiger partial charge in [0.25, 0.3) is 0 Å². The molecule has 0 saturated carbocycles. The first-order chi connectivity index (χ1) is 16.4. The van der Waals surface area contributed by atoms with Crippen molar-refractivity contribution in [3.05, 3.63) is 71.1 Å². The van der Waals surface area contributed by atoms with Crippen molar-refractivity contribution in [1.82, 2.24) is 9.88 Å². The van der Waals surface area contributed by atoms with Gasteiger partial charge in [0.15, 0.2) is 0 Å². The van der Waals surface area contributed by atoms with Crippen LogP contribution in [0.5, 0.6) is 5.75 Å². The average Bonchev–Trinajstić information content (AvgIpc) is 3.19. The number of ether oxygens (including phenoxy) is 1. The Morgan fingerprint density at radius 3 is 2.53 bits per heavy atom. The topological polar surface area (TPSA) is 92.9 Å². The van der Waals surface area contributed by atoms with Gasteiger partial charge < -0.3 is 19.2 Å². The molecular formula is C27H32N2O5. The molecule has 0 aliphatic rings. The van der Waals surface area contributed by atoms with Crippen LogP contribution in [-0.2, 0) is 29.0 Å². The summed E-state index contributed by atoms with van der Waals surface area (Å²) in [6, 6.07) is 15.4. The summed E-state index contributed by atoms with van der Waals surface area (Å²) in [5.41, 5.74) is 3.59. The van der Waals surface area contributed by atoms with Gasteiger partial charge in [-0.15, -0.1) is 0 Å². The molecule has 0 fully saturated rings. The van der Waals surface area contributed by atoms with Crippen LogP contribution in [-0.4, -0.2) is 40.5 Å². The molecule has 1 N–H and O–H groups in total. The summed E-state index contributed by atoms with van der Waals surface area (Å²) in [4.78, 5) is 29.6. The van der Waals surface area contributed by atoms with Crippen molar-refractivity contribution in [2.45, 2.75) is 52.5 Å². The molecule has 3 aromatic rings. The molecule has 0 unspecified atom stereocenters. The Hall–Kier alpha value is -3.61. The van der Waals surface area contributed by atoms with Gasteiger partial charge in [-0.05, 0) is 55.2 Å². The van der Waals surface area contributed by atoms with E-state index in [-0.39, 0.29) is 12.3 Å². The van der Waals surface area contributed by atoms with Crippen LogP contribution in [0.3, 0.4) is 0 Å². The fraction of sp³-hybridized carbons (Fsp3) is 0.370. The molecule has 1 heterocycles. The van der Waals surface area contributed by atoms with Crippen molar-refractivity contribution in [2.75, 3.05) is 13.7 Å². The highest BCUT2D eigenvalue weighted by Crippen LogP contribution is 2.24. The average molecular weight is 465 g/mol. The fourth-order valence-electron chi connectivity index (χ4n) is 3.70. The van der Waals surface area contributed by atoms with Gasteiger partial charge in [-0.1, -0.05) is 31.2 Å². The lowest BCUT2D eigenvalue weighted by Gasteiger charge is -2.20. The minimum atomic E-state index is -0.848. The number of aryl methyl sites for hydroxylation is 2. The molecule has 0 atom stereocenters. The zero-order valence-electron chi connectivity index (χ0n) is 20.0. The van der Waals surface area contributed by atoms with Crippen LogP contribution in [0.1, 0.15) is 48.8 Å². The van der Waals surface area contributed by atoms with E-state index in [1.807, 2.05) is 62.4 Å². The Labute approximate surface area is 200 Å². The van der Waals surface area contributed by atoms with Crippen molar-refractivity contribution in [3.8, 4) is 17.2 Å². The lowest BCUT2D eigenvalue weighted by atomic mass is 10.0. The van der Waals surface area contributed by atoms with E-state index in [1.165, 1.54) is 0 Å². The third-order valence-electron chi connectivity index (χ3n) is 5.60. The van der Waals surface area contributed by atoms with Gasteiger partial charge in [0.2, 0.25) is 11.8 Å². The van der Waals surface area contributed by atoms with Gasteiger partial charge in [-0.25, -0.2) is 4.98 Å². The van der Waals surface area contributed by atoms with Gasteiger partial charge >= 0.3 is 5.97 Å². The smallest absolute Gasteiger partial charge is 0.303 e. The summed E-state index contributed by atoms with van der Waals surface area (Å²) < 4.78 is 11.8. The molecular weight excluding hydrogens is 432 g/mol. The molecule has 0 aliphatic carbocycles. The Bertz CT molecular complexity index is 1110. The predicted octanol–water partition coefficient (Wildman–Crippen LogP) is 5.05. The van der Waals surface area contributed by atoms with Crippen LogP contribution in [0.25, 0.3) is 11.5 Å². The predicted molar refractivity (Wildman–Crippen MR) is 130 cm³/mol. The maximum absolute atomic E-state index is 12.3. The minimum Gasteiger partial charge on any atom is -0.493 e. The summed E-state index contributed by atoms with van der Waals surface area (Å²) in [7, 11) is 1.77. The molecule has 0 aliphatic heterocycles. The number of carbonyl (C=O) groups excluding carboxylic acids is 1. The van der Waals surface area contributed by atoms with Gasteiger partial charge in [-0.3, -0.25) is 9.59 Å². The second-order valence-corrected chi connectivity index (χ2v) is 8.31. The third-order valence-corrected chi connectivity index (χ3v) is 5.60. The molecule has 7 heteroatoms. The first-order valence-corrected chi connectivity index (χ1v) is 11.6. The van der Waals surface area contributed by atoms with Crippen LogP contribution in [0.4, 0.5) is 0 Å².